The second-order valence-corrected chi connectivity index (χ2v) is 5.11. The van der Waals surface area contributed by atoms with E-state index in [-0.39, 0.29) is 12.5 Å². The average molecular weight is 334 g/mol. The Balaban J connectivity index is 1.97. The largest absolute Gasteiger partial charge is 0.460 e. The molecule has 1 amide bonds. The van der Waals surface area contributed by atoms with E-state index < -0.39 is 5.97 Å². The summed E-state index contributed by atoms with van der Waals surface area (Å²) in [5.74, 6) is -0.710. The summed E-state index contributed by atoms with van der Waals surface area (Å²) in [4.78, 5) is 23.8. The molecule has 6 heteroatoms. The van der Waals surface area contributed by atoms with Crippen LogP contribution in [-0.2, 0) is 9.47 Å². The lowest BCUT2D eigenvalue weighted by molar-refractivity contribution is 0.0388. The van der Waals surface area contributed by atoms with Crippen molar-refractivity contribution in [2.75, 3.05) is 25.6 Å². The van der Waals surface area contributed by atoms with Gasteiger partial charge in [0, 0.05) is 23.4 Å². The molecule has 0 aromatic heterocycles. The summed E-state index contributed by atoms with van der Waals surface area (Å²) in [5, 5.41) is 3.23. The molecule has 0 radical (unpaired) electrons. The minimum atomic E-state index is -0.435. The molecule has 1 N–H and O–H groups in total. The minimum absolute atomic E-state index is 0.197. The lowest BCUT2D eigenvalue weighted by atomic mass is 10.2. The third kappa shape index (κ3) is 5.09. The molecule has 0 spiro atoms. The molecule has 0 unspecified atom stereocenters. The van der Waals surface area contributed by atoms with Crippen molar-refractivity contribution in [3.05, 3.63) is 64.7 Å². The number of methoxy groups -OCH3 is 1. The molecule has 2 aromatic rings. The Morgan fingerprint density at radius 1 is 1.04 bits per heavy atom. The number of anilines is 1. The van der Waals surface area contributed by atoms with Gasteiger partial charge in [-0.2, -0.15) is 0 Å². The first kappa shape index (κ1) is 17.0. The number of nitrogens with one attached hydrogen (secondary N) is 1. The van der Waals surface area contributed by atoms with Crippen molar-refractivity contribution in [2.45, 2.75) is 0 Å². The third-order valence-electron chi connectivity index (χ3n) is 2.99. The van der Waals surface area contributed by atoms with Crippen molar-refractivity contribution in [3.8, 4) is 0 Å². The molecule has 2 rings (SSSR count). The molecule has 2 aromatic carbocycles. The van der Waals surface area contributed by atoms with E-state index in [1.165, 1.54) is 7.11 Å². The van der Waals surface area contributed by atoms with Crippen molar-refractivity contribution in [1.82, 2.24) is 0 Å². The molecule has 0 aliphatic carbocycles. The molecule has 0 atom stereocenters. The van der Waals surface area contributed by atoms with Crippen LogP contribution in [0.1, 0.15) is 20.7 Å². The fraction of sp³-hybridized carbons (Fsp3) is 0.176. The number of amides is 1. The summed E-state index contributed by atoms with van der Waals surface area (Å²) in [6.07, 6.45) is 0. The Morgan fingerprint density at radius 3 is 2.43 bits per heavy atom. The number of rotatable bonds is 6. The van der Waals surface area contributed by atoms with Crippen LogP contribution in [0.4, 0.5) is 5.69 Å². The molecule has 0 aliphatic rings. The number of esters is 1. The zero-order chi connectivity index (χ0) is 16.7. The van der Waals surface area contributed by atoms with Crippen LogP contribution in [0.3, 0.4) is 0 Å². The van der Waals surface area contributed by atoms with E-state index in [1.807, 2.05) is 0 Å². The number of carbonyl (C=O) groups is 2. The summed E-state index contributed by atoms with van der Waals surface area (Å²) in [6.45, 7) is 0.544. The maximum atomic E-state index is 12.1. The number of hydrogen-bond acceptors (Lipinski definition) is 4. The van der Waals surface area contributed by atoms with E-state index in [4.69, 9.17) is 21.1 Å². The summed E-state index contributed by atoms with van der Waals surface area (Å²) in [5.41, 5.74) is 1.44. The predicted molar refractivity (Wildman–Crippen MR) is 88.0 cm³/mol. The Morgan fingerprint density at radius 2 is 1.78 bits per heavy atom. The second-order valence-electron chi connectivity index (χ2n) is 4.67. The molecule has 0 saturated heterocycles. The lowest BCUT2D eigenvalue weighted by Crippen LogP contribution is -2.12. The van der Waals surface area contributed by atoms with Gasteiger partial charge in [-0.15, -0.1) is 0 Å². The van der Waals surface area contributed by atoms with Gasteiger partial charge in [0.25, 0.3) is 5.91 Å². The molecular weight excluding hydrogens is 318 g/mol. The highest BCUT2D eigenvalue weighted by Gasteiger charge is 2.09. The van der Waals surface area contributed by atoms with Gasteiger partial charge >= 0.3 is 5.97 Å². The van der Waals surface area contributed by atoms with Crippen LogP contribution in [-0.4, -0.2) is 32.2 Å². The standard InChI is InChI=1S/C17H16ClNO4/c1-22-9-10-23-17(21)12-5-7-15(8-6-12)19-16(20)13-3-2-4-14(18)11-13/h2-8,11H,9-10H2,1H3,(H,19,20). The van der Waals surface area contributed by atoms with Crippen LogP contribution in [0, 0.1) is 0 Å². The number of benzene rings is 2. The summed E-state index contributed by atoms with van der Waals surface area (Å²) < 4.78 is 9.81. The number of ether oxygens (including phenoxy) is 2. The SMILES string of the molecule is COCCOC(=O)c1ccc(NC(=O)c2cccc(Cl)c2)cc1. The molecular formula is C17H16ClNO4. The van der Waals surface area contributed by atoms with Gasteiger partial charge < -0.3 is 14.8 Å². The van der Waals surface area contributed by atoms with E-state index in [9.17, 15) is 9.59 Å². The highest BCUT2D eigenvalue weighted by molar-refractivity contribution is 6.31. The predicted octanol–water partition coefficient (Wildman–Crippen LogP) is 3.40. The summed E-state index contributed by atoms with van der Waals surface area (Å²) in [6, 6.07) is 13.1. The Bertz CT molecular complexity index is 685. The Labute approximate surface area is 139 Å². The minimum Gasteiger partial charge on any atom is -0.460 e. The summed E-state index contributed by atoms with van der Waals surface area (Å²) >= 11 is 5.86. The first-order valence-electron chi connectivity index (χ1n) is 6.93. The topological polar surface area (TPSA) is 64.6 Å². The van der Waals surface area contributed by atoms with Crippen LogP contribution in [0.25, 0.3) is 0 Å². The van der Waals surface area contributed by atoms with E-state index in [0.29, 0.717) is 28.4 Å². The smallest absolute Gasteiger partial charge is 0.338 e. The van der Waals surface area contributed by atoms with Gasteiger partial charge in [0.2, 0.25) is 0 Å². The monoisotopic (exact) mass is 333 g/mol. The van der Waals surface area contributed by atoms with Crippen LogP contribution in [0.15, 0.2) is 48.5 Å². The van der Waals surface area contributed by atoms with E-state index in [1.54, 1.807) is 48.5 Å². The fourth-order valence-electron chi connectivity index (χ4n) is 1.82. The zero-order valence-electron chi connectivity index (χ0n) is 12.5. The first-order valence-corrected chi connectivity index (χ1v) is 7.31. The van der Waals surface area contributed by atoms with Crippen molar-refractivity contribution in [2.24, 2.45) is 0 Å². The van der Waals surface area contributed by atoms with E-state index in [0.717, 1.165) is 0 Å². The maximum Gasteiger partial charge on any atom is 0.338 e. The highest BCUT2D eigenvalue weighted by Crippen LogP contribution is 2.15. The van der Waals surface area contributed by atoms with Gasteiger partial charge in [0.1, 0.15) is 6.61 Å². The number of hydrogen-bond donors (Lipinski definition) is 1. The normalized spacial score (nSPS) is 10.2. The average Bonchev–Trinajstić information content (AvgIpc) is 2.55. The lowest BCUT2D eigenvalue weighted by Gasteiger charge is -2.07. The van der Waals surface area contributed by atoms with Gasteiger partial charge in [-0.1, -0.05) is 17.7 Å². The zero-order valence-corrected chi connectivity index (χ0v) is 13.3. The molecule has 5 nitrogen and oxygen atoms in total. The Hall–Kier alpha value is -2.37. The van der Waals surface area contributed by atoms with Gasteiger partial charge in [-0.3, -0.25) is 4.79 Å². The first-order chi connectivity index (χ1) is 11.1. The van der Waals surface area contributed by atoms with Crippen molar-refractivity contribution >= 4 is 29.2 Å². The van der Waals surface area contributed by atoms with Gasteiger partial charge in [-0.05, 0) is 42.5 Å². The molecule has 0 heterocycles. The van der Waals surface area contributed by atoms with Crippen molar-refractivity contribution in [3.63, 3.8) is 0 Å². The van der Waals surface area contributed by atoms with Gasteiger partial charge in [-0.25, -0.2) is 4.79 Å². The Kier molecular flexibility index (Phi) is 6.14. The van der Waals surface area contributed by atoms with E-state index in [2.05, 4.69) is 5.32 Å². The van der Waals surface area contributed by atoms with Crippen molar-refractivity contribution in [1.29, 1.82) is 0 Å². The second kappa shape index (κ2) is 8.31. The van der Waals surface area contributed by atoms with Crippen LogP contribution >= 0.6 is 11.6 Å². The molecule has 120 valence electrons. The van der Waals surface area contributed by atoms with Gasteiger partial charge in [0.15, 0.2) is 0 Å². The van der Waals surface area contributed by atoms with E-state index >= 15 is 0 Å². The fourth-order valence-corrected chi connectivity index (χ4v) is 2.01. The van der Waals surface area contributed by atoms with Crippen LogP contribution in [0.2, 0.25) is 5.02 Å². The van der Waals surface area contributed by atoms with Crippen LogP contribution < -0.4 is 5.32 Å². The maximum absolute atomic E-state index is 12.1. The number of carbonyl (C=O) groups excluding carboxylic acids is 2. The summed E-state index contributed by atoms with van der Waals surface area (Å²) in [7, 11) is 1.53. The molecule has 0 bridgehead atoms. The number of halogens is 1. The molecule has 0 fully saturated rings. The molecule has 0 aliphatic heterocycles. The quantitative estimate of drug-likeness (QED) is 0.650. The highest BCUT2D eigenvalue weighted by atomic mass is 35.5. The third-order valence-corrected chi connectivity index (χ3v) is 3.22. The van der Waals surface area contributed by atoms with Crippen LogP contribution in [0.5, 0.6) is 0 Å². The van der Waals surface area contributed by atoms with Crippen molar-refractivity contribution < 1.29 is 19.1 Å². The van der Waals surface area contributed by atoms with Gasteiger partial charge in [0.05, 0.1) is 12.2 Å². The molecule has 23 heavy (non-hydrogen) atoms. The molecule has 0 saturated carbocycles.